The van der Waals surface area contributed by atoms with Gasteiger partial charge in [-0.25, -0.2) is 0 Å². The molecule has 1 rings (SSSR count). The molecule has 0 aliphatic heterocycles. The standard InChI is InChI=1S/C13H25/c1-4-5-6-7-13-9-11(2)8-12(3)10-13/h5,11-13H,4,6-10H2,1-3H3. The molecular formula is C13H25. The van der Waals surface area contributed by atoms with Crippen molar-refractivity contribution >= 4 is 0 Å². The van der Waals surface area contributed by atoms with Gasteiger partial charge in [-0.3, -0.25) is 0 Å². The average molecular weight is 181 g/mol. The topological polar surface area (TPSA) is 0 Å². The molecule has 0 aromatic rings. The van der Waals surface area contributed by atoms with Crippen molar-refractivity contribution < 1.29 is 0 Å². The highest BCUT2D eigenvalue weighted by Crippen LogP contribution is 2.35. The summed E-state index contributed by atoms with van der Waals surface area (Å²) in [5.41, 5.74) is 0. The van der Waals surface area contributed by atoms with Crippen LogP contribution in [0.1, 0.15) is 59.3 Å². The first-order valence-electron chi connectivity index (χ1n) is 6.04. The zero-order chi connectivity index (χ0) is 9.68. The molecule has 2 atom stereocenters. The van der Waals surface area contributed by atoms with Crippen LogP contribution in [-0.4, -0.2) is 0 Å². The second-order valence-corrected chi connectivity index (χ2v) is 5.06. The lowest BCUT2D eigenvalue weighted by molar-refractivity contribution is 0.209. The van der Waals surface area contributed by atoms with E-state index in [4.69, 9.17) is 0 Å². The van der Waals surface area contributed by atoms with Crippen molar-refractivity contribution in [3.63, 3.8) is 0 Å². The van der Waals surface area contributed by atoms with Gasteiger partial charge in [0.25, 0.3) is 0 Å². The maximum Gasteiger partial charge on any atom is -0.0388 e. The second kappa shape index (κ2) is 5.67. The largest absolute Gasteiger partial charge is 0.0651 e. The maximum atomic E-state index is 2.43. The summed E-state index contributed by atoms with van der Waals surface area (Å²) < 4.78 is 0. The number of hydrogen-bond donors (Lipinski definition) is 0. The van der Waals surface area contributed by atoms with E-state index in [1.54, 1.807) is 0 Å². The Kier molecular flexibility index (Phi) is 4.83. The summed E-state index contributed by atoms with van der Waals surface area (Å²) in [4.78, 5) is 0. The Labute approximate surface area is 84.1 Å². The molecule has 2 unspecified atom stereocenters. The normalized spacial score (nSPS) is 34.8. The average Bonchev–Trinajstić information content (AvgIpc) is 2.03. The summed E-state index contributed by atoms with van der Waals surface area (Å²) in [5.74, 6) is 2.99. The molecule has 0 nitrogen and oxygen atoms in total. The first-order chi connectivity index (χ1) is 6.22. The monoisotopic (exact) mass is 181 g/mol. The van der Waals surface area contributed by atoms with Crippen molar-refractivity contribution in [2.24, 2.45) is 17.8 Å². The highest BCUT2D eigenvalue weighted by Gasteiger charge is 2.22. The molecule has 0 heteroatoms. The Morgan fingerprint density at radius 1 is 1.08 bits per heavy atom. The summed E-state index contributed by atoms with van der Waals surface area (Å²) in [6, 6.07) is 0. The van der Waals surface area contributed by atoms with Crippen LogP contribution in [-0.2, 0) is 0 Å². The summed E-state index contributed by atoms with van der Waals surface area (Å²) in [6.45, 7) is 7.09. The number of hydrogen-bond acceptors (Lipinski definition) is 0. The van der Waals surface area contributed by atoms with Gasteiger partial charge in [0.2, 0.25) is 0 Å². The van der Waals surface area contributed by atoms with E-state index in [0.717, 1.165) is 17.8 Å². The van der Waals surface area contributed by atoms with E-state index < -0.39 is 0 Å². The van der Waals surface area contributed by atoms with E-state index >= 15 is 0 Å². The fourth-order valence-electron chi connectivity index (χ4n) is 2.91. The lowest BCUT2D eigenvalue weighted by Crippen LogP contribution is -2.19. The minimum Gasteiger partial charge on any atom is -0.0651 e. The summed E-state index contributed by atoms with van der Waals surface area (Å²) >= 11 is 0. The summed E-state index contributed by atoms with van der Waals surface area (Å²) in [7, 11) is 0. The summed E-state index contributed by atoms with van der Waals surface area (Å²) in [5, 5.41) is 0. The van der Waals surface area contributed by atoms with Gasteiger partial charge in [-0.1, -0.05) is 33.6 Å². The molecule has 77 valence electrons. The van der Waals surface area contributed by atoms with Gasteiger partial charge < -0.3 is 0 Å². The molecule has 0 amide bonds. The smallest absolute Gasteiger partial charge is 0.0388 e. The molecule has 0 saturated heterocycles. The van der Waals surface area contributed by atoms with E-state index in [1.807, 2.05) is 0 Å². The van der Waals surface area contributed by atoms with Gasteiger partial charge in [0.15, 0.2) is 0 Å². The van der Waals surface area contributed by atoms with E-state index in [2.05, 4.69) is 27.2 Å². The lowest BCUT2D eigenvalue weighted by atomic mass is 9.75. The highest BCUT2D eigenvalue weighted by molar-refractivity contribution is 4.76. The van der Waals surface area contributed by atoms with Crippen LogP contribution in [0.25, 0.3) is 0 Å². The van der Waals surface area contributed by atoms with Crippen molar-refractivity contribution in [1.82, 2.24) is 0 Å². The molecule has 13 heavy (non-hydrogen) atoms. The zero-order valence-corrected chi connectivity index (χ0v) is 9.55. The lowest BCUT2D eigenvalue weighted by Gasteiger charge is -2.31. The van der Waals surface area contributed by atoms with Crippen LogP contribution in [0.15, 0.2) is 0 Å². The Bertz CT molecular complexity index is 118. The minimum atomic E-state index is 0.982. The molecule has 0 bridgehead atoms. The molecule has 1 radical (unpaired) electrons. The van der Waals surface area contributed by atoms with Crippen LogP contribution >= 0.6 is 0 Å². The first-order valence-corrected chi connectivity index (χ1v) is 6.04. The summed E-state index contributed by atoms with van der Waals surface area (Å²) in [6.07, 6.45) is 10.9. The van der Waals surface area contributed by atoms with Gasteiger partial charge in [-0.05, 0) is 49.9 Å². The number of rotatable bonds is 4. The van der Waals surface area contributed by atoms with Crippen molar-refractivity contribution in [3.8, 4) is 0 Å². The van der Waals surface area contributed by atoms with Gasteiger partial charge in [0, 0.05) is 0 Å². The fourth-order valence-corrected chi connectivity index (χ4v) is 2.91. The second-order valence-electron chi connectivity index (χ2n) is 5.06. The molecule has 0 aromatic heterocycles. The molecular weight excluding hydrogens is 156 g/mol. The molecule has 1 aliphatic carbocycles. The van der Waals surface area contributed by atoms with Crippen molar-refractivity contribution in [1.29, 1.82) is 0 Å². The zero-order valence-electron chi connectivity index (χ0n) is 9.55. The van der Waals surface area contributed by atoms with E-state index in [9.17, 15) is 0 Å². The third kappa shape index (κ3) is 4.15. The predicted molar refractivity (Wildman–Crippen MR) is 59.5 cm³/mol. The molecule has 0 heterocycles. The SMILES string of the molecule is CC[CH]CCC1CC(C)CC(C)C1. The van der Waals surface area contributed by atoms with Crippen molar-refractivity contribution in [2.75, 3.05) is 0 Å². The van der Waals surface area contributed by atoms with Crippen LogP contribution in [0.4, 0.5) is 0 Å². The van der Waals surface area contributed by atoms with E-state index in [-0.39, 0.29) is 0 Å². The van der Waals surface area contributed by atoms with E-state index in [0.29, 0.717) is 0 Å². The van der Waals surface area contributed by atoms with Gasteiger partial charge in [-0.2, -0.15) is 0 Å². The third-order valence-electron chi connectivity index (χ3n) is 3.34. The van der Waals surface area contributed by atoms with Gasteiger partial charge >= 0.3 is 0 Å². The van der Waals surface area contributed by atoms with E-state index in [1.165, 1.54) is 38.5 Å². The van der Waals surface area contributed by atoms with Crippen molar-refractivity contribution in [3.05, 3.63) is 6.42 Å². The van der Waals surface area contributed by atoms with Crippen LogP contribution in [0.5, 0.6) is 0 Å². The van der Waals surface area contributed by atoms with Crippen molar-refractivity contribution in [2.45, 2.75) is 59.3 Å². The fraction of sp³-hybridized carbons (Fsp3) is 0.923. The van der Waals surface area contributed by atoms with Crippen LogP contribution in [0.2, 0.25) is 0 Å². The molecule has 0 aromatic carbocycles. The Hall–Kier alpha value is 0. The number of unbranched alkanes of at least 4 members (excludes halogenated alkanes) is 2. The minimum absolute atomic E-state index is 0.982. The van der Waals surface area contributed by atoms with Crippen LogP contribution < -0.4 is 0 Å². The van der Waals surface area contributed by atoms with Gasteiger partial charge in [-0.15, -0.1) is 0 Å². The maximum absolute atomic E-state index is 2.43. The third-order valence-corrected chi connectivity index (χ3v) is 3.34. The van der Waals surface area contributed by atoms with Crippen LogP contribution in [0.3, 0.4) is 0 Å². The molecule has 1 aliphatic rings. The van der Waals surface area contributed by atoms with Crippen LogP contribution in [0, 0.1) is 24.2 Å². The Balaban J connectivity index is 2.17. The van der Waals surface area contributed by atoms with Gasteiger partial charge in [0.1, 0.15) is 0 Å². The highest BCUT2D eigenvalue weighted by atomic mass is 14.3. The first kappa shape index (κ1) is 11.1. The van der Waals surface area contributed by atoms with Gasteiger partial charge in [0.05, 0.1) is 0 Å². The molecule has 0 spiro atoms. The predicted octanol–water partition coefficient (Wildman–Crippen LogP) is 4.45. The molecule has 0 N–H and O–H groups in total. The molecule has 1 saturated carbocycles. The molecule has 1 fully saturated rings. The quantitative estimate of drug-likeness (QED) is 0.562. The Morgan fingerprint density at radius 2 is 1.69 bits per heavy atom. The Morgan fingerprint density at radius 3 is 2.23 bits per heavy atom.